The van der Waals surface area contributed by atoms with Crippen LogP contribution in [0.5, 0.6) is 5.75 Å². The van der Waals surface area contributed by atoms with Crippen molar-refractivity contribution in [1.29, 1.82) is 0 Å². The molecule has 1 aliphatic carbocycles. The molecule has 0 saturated heterocycles. The molecule has 0 radical (unpaired) electrons. The Morgan fingerprint density at radius 3 is 2.33 bits per heavy atom. The van der Waals surface area contributed by atoms with Gasteiger partial charge in [0.25, 0.3) is 0 Å². The van der Waals surface area contributed by atoms with Gasteiger partial charge in [0.05, 0.1) is 24.2 Å². The third kappa shape index (κ3) is 4.77. The highest BCUT2D eigenvalue weighted by atomic mass is 16.5. The summed E-state index contributed by atoms with van der Waals surface area (Å²) in [5.74, 6) is -0.286. The number of carbonyl (C=O) groups is 2. The summed E-state index contributed by atoms with van der Waals surface area (Å²) in [6.07, 6.45) is 0.888. The highest BCUT2D eigenvalue weighted by Crippen LogP contribution is 2.46. The fourth-order valence-corrected chi connectivity index (χ4v) is 4.98. The molecule has 0 N–H and O–H groups in total. The summed E-state index contributed by atoms with van der Waals surface area (Å²) in [6.45, 7) is 8.01. The van der Waals surface area contributed by atoms with Gasteiger partial charge in [0.15, 0.2) is 0 Å². The number of aliphatic imine (C=N–C) groups is 1. The van der Waals surface area contributed by atoms with Gasteiger partial charge in [0, 0.05) is 23.7 Å². The van der Waals surface area contributed by atoms with Crippen LogP contribution in [-0.4, -0.2) is 30.2 Å². The lowest BCUT2D eigenvalue weighted by molar-refractivity contribution is -0.143. The van der Waals surface area contributed by atoms with Gasteiger partial charge in [-0.2, -0.15) is 0 Å². The molecule has 0 aromatic heterocycles. The molecule has 0 amide bonds. The van der Waals surface area contributed by atoms with Crippen molar-refractivity contribution in [2.24, 2.45) is 10.9 Å². The Bertz CT molecular complexity index is 1080. The molecular formula is C28H31NO4. The van der Waals surface area contributed by atoms with Crippen LogP contribution in [0.25, 0.3) is 0 Å². The molecule has 1 fully saturated rings. The summed E-state index contributed by atoms with van der Waals surface area (Å²) < 4.78 is 11.2. The number of Topliss-reactive ketones (excluding diaryl/α,β-unsaturated/α-hetero) is 1. The summed E-state index contributed by atoms with van der Waals surface area (Å²) in [4.78, 5) is 31.5. The minimum Gasteiger partial charge on any atom is -0.494 e. The van der Waals surface area contributed by atoms with E-state index in [9.17, 15) is 9.59 Å². The van der Waals surface area contributed by atoms with E-state index >= 15 is 0 Å². The van der Waals surface area contributed by atoms with Crippen molar-refractivity contribution >= 4 is 17.5 Å². The lowest BCUT2D eigenvalue weighted by atomic mass is 9.66. The maximum Gasteiger partial charge on any atom is 0.336 e. The standard InChI is InChI=1S/C28H31NO4/c1-5-32-22-13-11-20(12-14-22)26-25(28(31)33-17(2)3)18(4)29-23-15-21(16-24(30)27(23)26)19-9-7-6-8-10-19/h6-14,17,21,26-27H,5,15-16H2,1-4H3/t21-,26+,27?/m1/s1. The molecule has 1 heterocycles. The Morgan fingerprint density at radius 1 is 1.00 bits per heavy atom. The number of rotatable bonds is 6. The molecule has 3 atom stereocenters. The minimum absolute atomic E-state index is 0.103. The molecule has 2 aromatic carbocycles. The smallest absolute Gasteiger partial charge is 0.336 e. The molecule has 33 heavy (non-hydrogen) atoms. The van der Waals surface area contributed by atoms with E-state index in [1.54, 1.807) is 0 Å². The van der Waals surface area contributed by atoms with Crippen molar-refractivity contribution in [2.75, 3.05) is 6.61 Å². The first-order valence-electron chi connectivity index (χ1n) is 11.7. The quantitative estimate of drug-likeness (QED) is 0.542. The van der Waals surface area contributed by atoms with Gasteiger partial charge in [-0.3, -0.25) is 9.79 Å². The SMILES string of the molecule is CCOc1ccc([C@H]2C(C(=O)OC(C)C)=C(C)N=C3C[C@@H](c4ccccc4)CC(=O)C32)cc1. The minimum atomic E-state index is -0.457. The maximum atomic E-state index is 13.6. The van der Waals surface area contributed by atoms with E-state index < -0.39 is 17.8 Å². The van der Waals surface area contributed by atoms with Gasteiger partial charge in [-0.1, -0.05) is 42.5 Å². The summed E-state index contributed by atoms with van der Waals surface area (Å²) in [7, 11) is 0. The van der Waals surface area contributed by atoms with Crippen LogP contribution in [0.4, 0.5) is 0 Å². The number of hydrogen-bond donors (Lipinski definition) is 0. The number of nitrogens with zero attached hydrogens (tertiary/aromatic N) is 1. The van der Waals surface area contributed by atoms with Crippen LogP contribution in [0.15, 0.2) is 70.9 Å². The first kappa shape index (κ1) is 23.0. The molecule has 0 bridgehead atoms. The highest BCUT2D eigenvalue weighted by Gasteiger charge is 2.46. The molecule has 4 rings (SSSR count). The number of fused-ring (bicyclic) bond motifs is 1. The zero-order valence-corrected chi connectivity index (χ0v) is 19.7. The van der Waals surface area contributed by atoms with E-state index in [1.807, 2.05) is 70.2 Å². The van der Waals surface area contributed by atoms with Crippen LogP contribution in [-0.2, 0) is 14.3 Å². The molecular weight excluding hydrogens is 414 g/mol. The summed E-state index contributed by atoms with van der Waals surface area (Å²) >= 11 is 0. The van der Waals surface area contributed by atoms with E-state index in [2.05, 4.69) is 12.1 Å². The predicted octanol–water partition coefficient (Wildman–Crippen LogP) is 5.61. The van der Waals surface area contributed by atoms with Crippen LogP contribution in [0.2, 0.25) is 0 Å². The van der Waals surface area contributed by atoms with Crippen molar-refractivity contribution in [3.63, 3.8) is 0 Å². The van der Waals surface area contributed by atoms with Crippen molar-refractivity contribution in [1.82, 2.24) is 0 Å². The second-order valence-electron chi connectivity index (χ2n) is 9.00. The topological polar surface area (TPSA) is 65.0 Å². The van der Waals surface area contributed by atoms with Gasteiger partial charge in [-0.05, 0) is 63.3 Å². The zero-order chi connectivity index (χ0) is 23.5. The maximum absolute atomic E-state index is 13.6. The second-order valence-corrected chi connectivity index (χ2v) is 9.00. The lowest BCUT2D eigenvalue weighted by Gasteiger charge is -2.38. The Kier molecular flexibility index (Phi) is 6.77. The van der Waals surface area contributed by atoms with E-state index in [-0.39, 0.29) is 17.8 Å². The number of carbonyl (C=O) groups excluding carboxylic acids is 2. The number of ketones is 1. The van der Waals surface area contributed by atoms with Crippen LogP contribution < -0.4 is 4.74 Å². The van der Waals surface area contributed by atoms with Crippen molar-refractivity contribution < 1.29 is 19.1 Å². The number of benzene rings is 2. The van der Waals surface area contributed by atoms with Gasteiger partial charge in [0.2, 0.25) is 0 Å². The summed E-state index contributed by atoms with van der Waals surface area (Å²) in [5.41, 5.74) is 4.02. The molecule has 172 valence electrons. The average Bonchev–Trinajstić information content (AvgIpc) is 2.79. The molecule has 1 aliphatic heterocycles. The third-order valence-electron chi connectivity index (χ3n) is 6.34. The Hall–Kier alpha value is -3.21. The van der Waals surface area contributed by atoms with Crippen LogP contribution in [0, 0.1) is 5.92 Å². The van der Waals surface area contributed by atoms with Gasteiger partial charge in [-0.25, -0.2) is 4.79 Å². The lowest BCUT2D eigenvalue weighted by Crippen LogP contribution is -2.41. The summed E-state index contributed by atoms with van der Waals surface area (Å²) in [5, 5.41) is 0. The third-order valence-corrected chi connectivity index (χ3v) is 6.34. The number of ether oxygens (including phenoxy) is 2. The molecule has 2 aliphatic rings. The number of esters is 1. The molecule has 1 unspecified atom stereocenters. The van der Waals surface area contributed by atoms with Gasteiger partial charge < -0.3 is 9.47 Å². The van der Waals surface area contributed by atoms with Crippen molar-refractivity contribution in [3.8, 4) is 5.75 Å². The van der Waals surface area contributed by atoms with Crippen molar-refractivity contribution in [3.05, 3.63) is 77.0 Å². The number of hydrogen-bond acceptors (Lipinski definition) is 5. The fourth-order valence-electron chi connectivity index (χ4n) is 4.98. The second kappa shape index (κ2) is 9.74. The van der Waals surface area contributed by atoms with Crippen LogP contribution in [0.1, 0.15) is 63.5 Å². The normalized spacial score (nSPS) is 22.6. The van der Waals surface area contributed by atoms with Crippen LogP contribution in [0.3, 0.4) is 0 Å². The van der Waals surface area contributed by atoms with E-state index in [1.165, 1.54) is 0 Å². The van der Waals surface area contributed by atoms with Crippen LogP contribution >= 0.6 is 0 Å². The number of allylic oxidation sites excluding steroid dienone is 1. The molecule has 1 saturated carbocycles. The molecule has 5 nitrogen and oxygen atoms in total. The Morgan fingerprint density at radius 2 is 1.70 bits per heavy atom. The van der Waals surface area contributed by atoms with Crippen molar-refractivity contribution in [2.45, 2.75) is 58.5 Å². The monoisotopic (exact) mass is 445 g/mol. The largest absolute Gasteiger partial charge is 0.494 e. The summed E-state index contributed by atoms with van der Waals surface area (Å²) in [6, 6.07) is 17.8. The van der Waals surface area contributed by atoms with E-state index in [0.29, 0.717) is 30.7 Å². The fraction of sp³-hybridized carbons (Fsp3) is 0.393. The van der Waals surface area contributed by atoms with E-state index in [0.717, 1.165) is 22.6 Å². The average molecular weight is 446 g/mol. The molecule has 0 spiro atoms. The van der Waals surface area contributed by atoms with Gasteiger partial charge in [-0.15, -0.1) is 0 Å². The predicted molar refractivity (Wildman–Crippen MR) is 129 cm³/mol. The highest BCUT2D eigenvalue weighted by molar-refractivity contribution is 6.12. The molecule has 2 aromatic rings. The van der Waals surface area contributed by atoms with E-state index in [4.69, 9.17) is 14.5 Å². The van der Waals surface area contributed by atoms with Gasteiger partial charge >= 0.3 is 5.97 Å². The first-order chi connectivity index (χ1) is 15.9. The zero-order valence-electron chi connectivity index (χ0n) is 19.7. The Balaban J connectivity index is 1.76. The molecule has 5 heteroatoms. The first-order valence-corrected chi connectivity index (χ1v) is 11.7. The Labute approximate surface area is 195 Å². The van der Waals surface area contributed by atoms with Gasteiger partial charge in [0.1, 0.15) is 11.5 Å².